The van der Waals surface area contributed by atoms with Gasteiger partial charge in [0.2, 0.25) is 5.91 Å². The van der Waals surface area contributed by atoms with Crippen LogP contribution in [-0.4, -0.2) is 44.1 Å². The summed E-state index contributed by atoms with van der Waals surface area (Å²) in [6, 6.07) is 13.0. The van der Waals surface area contributed by atoms with Crippen molar-refractivity contribution in [2.24, 2.45) is 5.73 Å². The quantitative estimate of drug-likeness (QED) is 0.725. The fourth-order valence-electron chi connectivity index (χ4n) is 3.77. The summed E-state index contributed by atoms with van der Waals surface area (Å²) in [6.45, 7) is 1.06. The van der Waals surface area contributed by atoms with Gasteiger partial charge in [-0.3, -0.25) is 19.3 Å². The average molecular weight is 389 g/mol. The number of likely N-dealkylation sites (tertiary alicyclic amines) is 1. The fourth-order valence-corrected chi connectivity index (χ4v) is 3.77. The molecule has 0 bridgehead atoms. The Labute approximate surface area is 169 Å². The molecule has 0 saturated carbocycles. The number of amides is 2. The highest BCUT2D eigenvalue weighted by Gasteiger charge is 2.33. The lowest BCUT2D eigenvalue weighted by Gasteiger charge is -2.33. The number of pyridine rings is 1. The van der Waals surface area contributed by atoms with E-state index in [9.17, 15) is 9.59 Å². The van der Waals surface area contributed by atoms with Crippen molar-refractivity contribution in [1.82, 2.24) is 19.7 Å². The number of carbonyl (C=O) groups excluding carboxylic acids is 2. The van der Waals surface area contributed by atoms with Crippen LogP contribution in [0.25, 0.3) is 11.3 Å². The summed E-state index contributed by atoms with van der Waals surface area (Å²) >= 11 is 0. The predicted molar refractivity (Wildman–Crippen MR) is 109 cm³/mol. The lowest BCUT2D eigenvalue weighted by atomic mass is 10.00. The van der Waals surface area contributed by atoms with Gasteiger partial charge in [0.1, 0.15) is 11.7 Å². The molecule has 2 amide bonds. The number of rotatable bonds is 5. The minimum atomic E-state index is -0.574. The molecule has 29 heavy (non-hydrogen) atoms. The number of nitrogens with zero attached hydrogens (tertiary/aromatic N) is 4. The molecular weight excluding hydrogens is 366 g/mol. The van der Waals surface area contributed by atoms with Crippen molar-refractivity contribution < 1.29 is 9.59 Å². The van der Waals surface area contributed by atoms with Gasteiger partial charge >= 0.3 is 0 Å². The summed E-state index contributed by atoms with van der Waals surface area (Å²) in [5, 5.41) is 4.67. The molecule has 1 fully saturated rings. The van der Waals surface area contributed by atoms with Crippen LogP contribution in [0.3, 0.4) is 0 Å². The largest absolute Gasteiger partial charge is 0.368 e. The maximum Gasteiger partial charge on any atom is 0.258 e. The van der Waals surface area contributed by atoms with Gasteiger partial charge in [0.05, 0.1) is 12.1 Å². The summed E-state index contributed by atoms with van der Waals surface area (Å²) in [4.78, 5) is 31.1. The molecule has 1 aliphatic heterocycles. The maximum atomic E-state index is 13.4. The molecule has 3 heterocycles. The van der Waals surface area contributed by atoms with Crippen molar-refractivity contribution in [3.8, 4) is 11.3 Å². The Balaban J connectivity index is 1.72. The number of nitrogens with two attached hydrogens (primary N) is 1. The number of carbonyl (C=O) groups is 2. The fraction of sp³-hybridized carbons (Fsp3) is 0.273. The van der Waals surface area contributed by atoms with Gasteiger partial charge < -0.3 is 10.6 Å². The summed E-state index contributed by atoms with van der Waals surface area (Å²) < 4.78 is 1.76. The molecule has 1 saturated heterocycles. The summed E-state index contributed by atoms with van der Waals surface area (Å²) in [6.07, 6.45) is 7.47. The number of benzene rings is 1. The number of primary amides is 1. The van der Waals surface area contributed by atoms with E-state index >= 15 is 0 Å². The average Bonchev–Trinajstić information content (AvgIpc) is 3.18. The molecule has 0 radical (unpaired) electrons. The summed E-state index contributed by atoms with van der Waals surface area (Å²) in [7, 11) is 0. The highest BCUT2D eigenvalue weighted by molar-refractivity contribution is 6.01. The van der Waals surface area contributed by atoms with Crippen LogP contribution in [0.2, 0.25) is 0 Å². The standard InChI is InChI=1S/C22H23N5O2/c23-21(28)19-10-4-5-12-27(19)22(29)18-15-26(14-16-7-2-1-3-8-16)25-20(18)17-9-6-11-24-13-17/h1-3,6-9,11,13,15,19H,4-5,10,12,14H2,(H2,23,28)/t19-/m0/s1. The highest BCUT2D eigenvalue weighted by atomic mass is 16.2. The Morgan fingerprint density at radius 2 is 1.93 bits per heavy atom. The van der Waals surface area contributed by atoms with Crippen LogP contribution in [0, 0.1) is 0 Å². The number of piperidine rings is 1. The molecule has 1 aromatic carbocycles. The molecule has 3 aromatic rings. The van der Waals surface area contributed by atoms with Crippen LogP contribution in [-0.2, 0) is 11.3 Å². The van der Waals surface area contributed by atoms with Gasteiger partial charge in [-0.05, 0) is 37.0 Å². The van der Waals surface area contributed by atoms with Crippen molar-refractivity contribution >= 4 is 11.8 Å². The van der Waals surface area contributed by atoms with Crippen molar-refractivity contribution in [2.75, 3.05) is 6.54 Å². The Morgan fingerprint density at radius 1 is 1.10 bits per heavy atom. The van der Waals surface area contributed by atoms with Crippen molar-refractivity contribution in [3.05, 3.63) is 72.2 Å². The first-order valence-corrected chi connectivity index (χ1v) is 9.75. The third-order valence-corrected chi connectivity index (χ3v) is 5.21. The molecule has 0 aliphatic carbocycles. The molecule has 7 nitrogen and oxygen atoms in total. The van der Waals surface area contributed by atoms with Crippen molar-refractivity contribution in [2.45, 2.75) is 31.8 Å². The zero-order chi connectivity index (χ0) is 20.2. The molecule has 7 heteroatoms. The zero-order valence-electron chi connectivity index (χ0n) is 16.1. The lowest BCUT2D eigenvalue weighted by molar-refractivity contribution is -0.123. The van der Waals surface area contributed by atoms with E-state index in [1.54, 1.807) is 28.2 Å². The number of hydrogen-bond acceptors (Lipinski definition) is 4. The minimum Gasteiger partial charge on any atom is -0.368 e. The van der Waals surface area contributed by atoms with Gasteiger partial charge in [-0.15, -0.1) is 0 Å². The molecule has 0 unspecified atom stereocenters. The van der Waals surface area contributed by atoms with Gasteiger partial charge in [0.15, 0.2) is 0 Å². The third-order valence-electron chi connectivity index (χ3n) is 5.21. The molecular formula is C22H23N5O2. The van der Waals surface area contributed by atoms with Crippen LogP contribution >= 0.6 is 0 Å². The van der Waals surface area contributed by atoms with Gasteiger partial charge in [-0.25, -0.2) is 0 Å². The van der Waals surface area contributed by atoms with Crippen LogP contribution in [0.5, 0.6) is 0 Å². The monoisotopic (exact) mass is 389 g/mol. The van der Waals surface area contributed by atoms with E-state index in [1.165, 1.54) is 0 Å². The Kier molecular flexibility index (Phi) is 5.37. The molecule has 0 spiro atoms. The SMILES string of the molecule is NC(=O)[C@@H]1CCCCN1C(=O)c1cn(Cc2ccccc2)nc1-c1cccnc1. The first-order valence-electron chi connectivity index (χ1n) is 9.75. The van der Waals surface area contributed by atoms with Crippen molar-refractivity contribution in [1.29, 1.82) is 0 Å². The maximum absolute atomic E-state index is 13.4. The second-order valence-electron chi connectivity index (χ2n) is 7.23. The lowest BCUT2D eigenvalue weighted by Crippen LogP contribution is -2.50. The van der Waals surface area contributed by atoms with Gasteiger partial charge in [-0.1, -0.05) is 30.3 Å². The van der Waals surface area contributed by atoms with E-state index in [0.717, 1.165) is 24.0 Å². The third kappa shape index (κ3) is 4.03. The van der Waals surface area contributed by atoms with Gasteiger partial charge in [0.25, 0.3) is 5.91 Å². The molecule has 1 atom stereocenters. The second kappa shape index (κ2) is 8.26. The smallest absolute Gasteiger partial charge is 0.258 e. The zero-order valence-corrected chi connectivity index (χ0v) is 16.1. The Morgan fingerprint density at radius 3 is 2.66 bits per heavy atom. The topological polar surface area (TPSA) is 94.1 Å². The molecule has 148 valence electrons. The van der Waals surface area contributed by atoms with E-state index < -0.39 is 11.9 Å². The van der Waals surface area contributed by atoms with E-state index in [0.29, 0.717) is 30.8 Å². The molecule has 4 rings (SSSR count). The van der Waals surface area contributed by atoms with E-state index in [4.69, 9.17) is 5.73 Å². The van der Waals surface area contributed by atoms with E-state index in [-0.39, 0.29) is 5.91 Å². The summed E-state index contributed by atoms with van der Waals surface area (Å²) in [5.41, 5.74) is 8.43. The molecule has 1 aliphatic rings. The first-order chi connectivity index (χ1) is 14.1. The van der Waals surface area contributed by atoms with Crippen LogP contribution in [0.1, 0.15) is 35.2 Å². The van der Waals surface area contributed by atoms with Crippen LogP contribution in [0.4, 0.5) is 0 Å². The number of hydrogen-bond donors (Lipinski definition) is 1. The molecule has 2 aromatic heterocycles. The van der Waals surface area contributed by atoms with Gasteiger partial charge in [0, 0.05) is 30.7 Å². The Hall–Kier alpha value is -3.48. The van der Waals surface area contributed by atoms with Crippen molar-refractivity contribution in [3.63, 3.8) is 0 Å². The van der Waals surface area contributed by atoms with Crippen LogP contribution in [0.15, 0.2) is 61.1 Å². The van der Waals surface area contributed by atoms with Gasteiger partial charge in [-0.2, -0.15) is 5.10 Å². The Bertz CT molecular complexity index is 1000. The minimum absolute atomic E-state index is 0.216. The normalized spacial score (nSPS) is 16.6. The number of aromatic nitrogens is 3. The summed E-state index contributed by atoms with van der Waals surface area (Å²) in [5.74, 6) is -0.677. The highest BCUT2D eigenvalue weighted by Crippen LogP contribution is 2.26. The van der Waals surface area contributed by atoms with E-state index in [1.807, 2.05) is 42.5 Å². The van der Waals surface area contributed by atoms with Crippen LogP contribution < -0.4 is 5.73 Å². The first kappa shape index (κ1) is 18.9. The predicted octanol–water partition coefficient (Wildman–Crippen LogP) is 2.47. The second-order valence-corrected chi connectivity index (χ2v) is 7.23. The molecule has 2 N–H and O–H groups in total. The van der Waals surface area contributed by atoms with E-state index in [2.05, 4.69) is 10.1 Å².